The van der Waals surface area contributed by atoms with E-state index in [4.69, 9.17) is 10.5 Å². The van der Waals surface area contributed by atoms with Crippen molar-refractivity contribution in [2.45, 2.75) is 122 Å². The van der Waals surface area contributed by atoms with E-state index in [9.17, 15) is 9.90 Å². The molecule has 0 spiro atoms. The molecule has 1 unspecified atom stereocenters. The SMILES string of the molecule is C=CC(N)(Cc1cccc(O)c1)C(=O)OCCCCCCCCCCCCCCCCCC. The second kappa shape index (κ2) is 18.6. The number of hydrogen-bond donors (Lipinski definition) is 2. The summed E-state index contributed by atoms with van der Waals surface area (Å²) in [6, 6.07) is 6.75. The number of phenols is 1. The number of rotatable bonds is 21. The summed E-state index contributed by atoms with van der Waals surface area (Å²) in [6.07, 6.45) is 22.7. The van der Waals surface area contributed by atoms with E-state index in [1.165, 1.54) is 96.0 Å². The van der Waals surface area contributed by atoms with Gasteiger partial charge in [-0.05, 0) is 24.1 Å². The van der Waals surface area contributed by atoms with Gasteiger partial charge in [-0.15, -0.1) is 6.58 Å². The third-order valence-corrected chi connectivity index (χ3v) is 6.38. The zero-order valence-electron chi connectivity index (χ0n) is 21.2. The molecule has 0 aromatic heterocycles. The largest absolute Gasteiger partial charge is 0.508 e. The molecule has 1 aromatic rings. The summed E-state index contributed by atoms with van der Waals surface area (Å²) in [5.74, 6) is -0.303. The minimum Gasteiger partial charge on any atom is -0.508 e. The average molecular weight is 460 g/mol. The molecule has 0 heterocycles. The van der Waals surface area contributed by atoms with Crippen molar-refractivity contribution in [1.82, 2.24) is 0 Å². The van der Waals surface area contributed by atoms with Gasteiger partial charge in [0, 0.05) is 6.42 Å². The van der Waals surface area contributed by atoms with Gasteiger partial charge in [0.25, 0.3) is 0 Å². The Kier molecular flexibility index (Phi) is 16.5. The monoisotopic (exact) mass is 459 g/mol. The van der Waals surface area contributed by atoms with Gasteiger partial charge in [-0.25, -0.2) is 4.79 Å². The van der Waals surface area contributed by atoms with Crippen LogP contribution in [0.2, 0.25) is 0 Å². The molecule has 0 saturated carbocycles. The van der Waals surface area contributed by atoms with E-state index in [1.54, 1.807) is 18.2 Å². The summed E-state index contributed by atoms with van der Waals surface area (Å²) in [5.41, 5.74) is 5.72. The first-order valence-corrected chi connectivity index (χ1v) is 13.4. The zero-order valence-corrected chi connectivity index (χ0v) is 21.2. The first-order chi connectivity index (χ1) is 16.0. The van der Waals surface area contributed by atoms with E-state index in [2.05, 4.69) is 13.5 Å². The lowest BCUT2D eigenvalue weighted by molar-refractivity contribution is -0.148. The average Bonchev–Trinajstić information content (AvgIpc) is 2.80. The summed E-state index contributed by atoms with van der Waals surface area (Å²) < 4.78 is 5.42. The van der Waals surface area contributed by atoms with Crippen LogP contribution in [-0.2, 0) is 16.0 Å². The Balaban J connectivity index is 1.98. The first-order valence-electron chi connectivity index (χ1n) is 13.4. The highest BCUT2D eigenvalue weighted by Crippen LogP contribution is 2.19. The lowest BCUT2D eigenvalue weighted by atomic mass is 9.92. The minimum absolute atomic E-state index is 0.153. The molecule has 0 aliphatic rings. The molecule has 0 aliphatic heterocycles. The second-order valence-electron chi connectivity index (χ2n) is 9.53. The smallest absolute Gasteiger partial charge is 0.330 e. The normalized spacial score (nSPS) is 12.9. The van der Waals surface area contributed by atoms with Crippen LogP contribution in [0.1, 0.15) is 115 Å². The third kappa shape index (κ3) is 14.1. The molecule has 0 radical (unpaired) electrons. The Labute approximate surface area is 203 Å². The molecule has 1 rings (SSSR count). The maximum Gasteiger partial charge on any atom is 0.330 e. The molecule has 1 atom stereocenters. The fraction of sp³-hybridized carbons (Fsp3) is 0.690. The van der Waals surface area contributed by atoms with Crippen LogP contribution < -0.4 is 5.73 Å². The maximum atomic E-state index is 12.5. The van der Waals surface area contributed by atoms with Crippen molar-refractivity contribution in [3.63, 3.8) is 0 Å². The molecule has 0 bridgehead atoms. The van der Waals surface area contributed by atoms with Crippen LogP contribution in [0.4, 0.5) is 0 Å². The predicted molar refractivity (Wildman–Crippen MR) is 139 cm³/mol. The van der Waals surface area contributed by atoms with E-state index in [0.717, 1.165) is 18.4 Å². The number of ether oxygens (including phenoxy) is 1. The number of nitrogens with two attached hydrogens (primary N) is 1. The summed E-state index contributed by atoms with van der Waals surface area (Å²) in [7, 11) is 0. The van der Waals surface area contributed by atoms with Crippen LogP contribution in [0.15, 0.2) is 36.9 Å². The fourth-order valence-electron chi connectivity index (χ4n) is 4.18. The van der Waals surface area contributed by atoms with E-state index in [0.29, 0.717) is 6.61 Å². The van der Waals surface area contributed by atoms with Gasteiger partial charge >= 0.3 is 5.97 Å². The number of aromatic hydroxyl groups is 1. The van der Waals surface area contributed by atoms with Gasteiger partial charge in [0.1, 0.15) is 11.3 Å². The molecular weight excluding hydrogens is 410 g/mol. The topological polar surface area (TPSA) is 72.5 Å². The Morgan fingerprint density at radius 2 is 1.39 bits per heavy atom. The molecule has 4 heteroatoms. The van der Waals surface area contributed by atoms with Crippen molar-refractivity contribution in [3.05, 3.63) is 42.5 Å². The summed E-state index contributed by atoms with van der Waals surface area (Å²) in [6.45, 7) is 6.38. The molecule has 4 nitrogen and oxygen atoms in total. The minimum atomic E-state index is -1.27. The number of esters is 1. The van der Waals surface area contributed by atoms with Gasteiger partial charge in [-0.1, -0.05) is 121 Å². The van der Waals surface area contributed by atoms with Gasteiger partial charge in [-0.2, -0.15) is 0 Å². The second-order valence-corrected chi connectivity index (χ2v) is 9.53. The molecule has 0 fully saturated rings. The molecule has 3 N–H and O–H groups in total. The lowest BCUT2D eigenvalue weighted by Gasteiger charge is -2.23. The van der Waals surface area contributed by atoms with Crippen LogP contribution in [0.5, 0.6) is 5.75 Å². The number of carbonyl (C=O) groups is 1. The van der Waals surface area contributed by atoms with E-state index in [1.807, 2.05) is 6.07 Å². The zero-order chi connectivity index (χ0) is 24.2. The molecule has 0 aliphatic carbocycles. The lowest BCUT2D eigenvalue weighted by Crippen LogP contribution is -2.49. The van der Waals surface area contributed by atoms with Crippen molar-refractivity contribution in [2.24, 2.45) is 5.73 Å². The van der Waals surface area contributed by atoms with Gasteiger partial charge in [0.05, 0.1) is 6.61 Å². The maximum absolute atomic E-state index is 12.5. The van der Waals surface area contributed by atoms with Crippen LogP contribution >= 0.6 is 0 Å². The highest BCUT2D eigenvalue weighted by molar-refractivity contribution is 5.83. The Morgan fingerprint density at radius 1 is 0.909 bits per heavy atom. The van der Waals surface area contributed by atoms with Gasteiger partial charge in [-0.3, -0.25) is 0 Å². The summed E-state index contributed by atoms with van der Waals surface area (Å²) in [5, 5.41) is 9.60. The molecule has 0 amide bonds. The molecule has 188 valence electrons. The summed E-state index contributed by atoms with van der Waals surface area (Å²) >= 11 is 0. The number of unbranched alkanes of at least 4 members (excludes halogenated alkanes) is 15. The quantitative estimate of drug-likeness (QED) is 0.113. The Morgan fingerprint density at radius 3 is 1.85 bits per heavy atom. The van der Waals surface area contributed by atoms with Gasteiger partial charge < -0.3 is 15.6 Å². The Bertz CT molecular complexity index is 646. The van der Waals surface area contributed by atoms with Gasteiger partial charge in [0.15, 0.2) is 0 Å². The number of carbonyl (C=O) groups excluding carboxylic acids is 1. The van der Waals surface area contributed by atoms with Crippen molar-refractivity contribution in [3.8, 4) is 5.75 Å². The van der Waals surface area contributed by atoms with Crippen LogP contribution in [0, 0.1) is 0 Å². The molecule has 1 aromatic carbocycles. The molecule has 33 heavy (non-hydrogen) atoms. The number of benzene rings is 1. The van der Waals surface area contributed by atoms with Crippen molar-refractivity contribution >= 4 is 5.97 Å². The van der Waals surface area contributed by atoms with Crippen molar-refractivity contribution in [1.29, 1.82) is 0 Å². The number of hydrogen-bond acceptors (Lipinski definition) is 4. The van der Waals surface area contributed by atoms with E-state index >= 15 is 0 Å². The Hall–Kier alpha value is -1.81. The molecule has 0 saturated heterocycles. The highest BCUT2D eigenvalue weighted by atomic mass is 16.5. The van der Waals surface area contributed by atoms with E-state index < -0.39 is 11.5 Å². The van der Waals surface area contributed by atoms with Gasteiger partial charge in [0.2, 0.25) is 0 Å². The molecular formula is C29H49NO3. The van der Waals surface area contributed by atoms with Crippen LogP contribution in [-0.4, -0.2) is 23.2 Å². The predicted octanol–water partition coefficient (Wildman–Crippen LogP) is 7.62. The highest BCUT2D eigenvalue weighted by Gasteiger charge is 2.32. The fourth-order valence-corrected chi connectivity index (χ4v) is 4.18. The number of phenolic OH excluding ortho intramolecular Hbond substituents is 1. The third-order valence-electron chi connectivity index (χ3n) is 6.38. The van der Waals surface area contributed by atoms with E-state index in [-0.39, 0.29) is 12.2 Å². The summed E-state index contributed by atoms with van der Waals surface area (Å²) in [4.78, 5) is 12.5. The van der Waals surface area contributed by atoms with Crippen LogP contribution in [0.25, 0.3) is 0 Å². The standard InChI is InChI=1S/C29H49NO3/c1-3-5-6-7-8-9-10-11-12-13-14-15-16-17-18-19-23-33-28(32)29(30,4-2)25-26-21-20-22-27(31)24-26/h4,20-22,24,31H,2-3,5-19,23,25,30H2,1H3. The van der Waals surface area contributed by atoms with Crippen molar-refractivity contribution in [2.75, 3.05) is 6.61 Å². The van der Waals surface area contributed by atoms with Crippen molar-refractivity contribution < 1.29 is 14.6 Å². The first kappa shape index (κ1) is 29.2. The van der Waals surface area contributed by atoms with Crippen LogP contribution in [0.3, 0.4) is 0 Å².